The molecule has 1 aromatic carbocycles. The van der Waals surface area contributed by atoms with Crippen molar-refractivity contribution in [3.05, 3.63) is 35.4 Å². The summed E-state index contributed by atoms with van der Waals surface area (Å²) in [6.07, 6.45) is -4.27. The fourth-order valence-corrected chi connectivity index (χ4v) is 2.46. The van der Waals surface area contributed by atoms with E-state index in [0.29, 0.717) is 24.7 Å². The Morgan fingerprint density at radius 3 is 2.83 bits per heavy atom. The number of benzene rings is 1. The predicted octanol–water partition coefficient (Wildman–Crippen LogP) is 1.70. The first-order valence-corrected chi connectivity index (χ1v) is 7.79. The number of nitrogens with one attached hydrogen (secondary N) is 2. The van der Waals surface area contributed by atoms with Crippen molar-refractivity contribution in [3.8, 4) is 0 Å². The standard InChI is InChI=1S/C16H23F3N4O/c1-20-15(22-10-14-11-23(2)6-7-24-14)21-9-12-4-3-5-13(8-12)16(17,18)19/h3-5,8,14H,6-7,9-11H2,1-2H3,(H2,20,21,22). The van der Waals surface area contributed by atoms with Crippen LogP contribution in [0, 0.1) is 0 Å². The first-order chi connectivity index (χ1) is 11.4. The lowest BCUT2D eigenvalue weighted by Crippen LogP contribution is -2.48. The van der Waals surface area contributed by atoms with Crippen molar-refractivity contribution in [1.82, 2.24) is 15.5 Å². The summed E-state index contributed by atoms with van der Waals surface area (Å²) >= 11 is 0. The fourth-order valence-electron chi connectivity index (χ4n) is 2.46. The molecule has 1 fully saturated rings. The summed E-state index contributed by atoms with van der Waals surface area (Å²) in [6.45, 7) is 3.29. The Morgan fingerprint density at radius 1 is 1.38 bits per heavy atom. The summed E-state index contributed by atoms with van der Waals surface area (Å²) in [4.78, 5) is 6.27. The molecule has 24 heavy (non-hydrogen) atoms. The summed E-state index contributed by atoms with van der Waals surface area (Å²) in [7, 11) is 3.66. The first kappa shape index (κ1) is 18.5. The SMILES string of the molecule is CN=C(NCc1cccc(C(F)(F)F)c1)NCC1CN(C)CCO1. The third-order valence-corrected chi connectivity index (χ3v) is 3.78. The van der Waals surface area contributed by atoms with Crippen LogP contribution in [0.5, 0.6) is 0 Å². The molecule has 134 valence electrons. The van der Waals surface area contributed by atoms with Gasteiger partial charge in [0.15, 0.2) is 5.96 Å². The maximum Gasteiger partial charge on any atom is 0.416 e. The fraction of sp³-hybridized carbons (Fsp3) is 0.562. The van der Waals surface area contributed by atoms with Crippen LogP contribution in [0.1, 0.15) is 11.1 Å². The number of alkyl halides is 3. The van der Waals surface area contributed by atoms with Crippen molar-refractivity contribution in [2.75, 3.05) is 40.3 Å². The zero-order valence-electron chi connectivity index (χ0n) is 13.9. The Bertz CT molecular complexity index is 562. The highest BCUT2D eigenvalue weighted by Crippen LogP contribution is 2.29. The predicted molar refractivity (Wildman–Crippen MR) is 86.9 cm³/mol. The zero-order chi connectivity index (χ0) is 17.6. The molecular weight excluding hydrogens is 321 g/mol. The summed E-state index contributed by atoms with van der Waals surface area (Å²) in [5.74, 6) is 0.532. The van der Waals surface area contributed by atoms with Crippen LogP contribution < -0.4 is 10.6 Å². The minimum Gasteiger partial charge on any atom is -0.374 e. The average Bonchev–Trinajstić information content (AvgIpc) is 2.54. The van der Waals surface area contributed by atoms with Crippen LogP contribution in [-0.4, -0.2) is 57.3 Å². The Morgan fingerprint density at radius 2 is 2.17 bits per heavy atom. The van der Waals surface area contributed by atoms with Gasteiger partial charge < -0.3 is 20.3 Å². The van der Waals surface area contributed by atoms with Crippen molar-refractivity contribution < 1.29 is 17.9 Å². The molecule has 2 N–H and O–H groups in total. The van der Waals surface area contributed by atoms with Crippen LogP contribution in [0.4, 0.5) is 13.2 Å². The second-order valence-electron chi connectivity index (χ2n) is 5.76. The summed E-state index contributed by atoms with van der Waals surface area (Å²) in [6, 6.07) is 5.25. The lowest BCUT2D eigenvalue weighted by Gasteiger charge is -2.30. The lowest BCUT2D eigenvalue weighted by atomic mass is 10.1. The number of aliphatic imine (C=N–C) groups is 1. The molecule has 0 radical (unpaired) electrons. The van der Waals surface area contributed by atoms with Gasteiger partial charge in [0.25, 0.3) is 0 Å². The van der Waals surface area contributed by atoms with E-state index >= 15 is 0 Å². The van der Waals surface area contributed by atoms with E-state index in [1.54, 1.807) is 13.1 Å². The molecule has 8 heteroatoms. The molecule has 0 saturated carbocycles. The van der Waals surface area contributed by atoms with Gasteiger partial charge in [0.1, 0.15) is 0 Å². The molecule has 0 amide bonds. The molecule has 5 nitrogen and oxygen atoms in total. The molecule has 0 bridgehead atoms. The molecule has 2 rings (SSSR count). The van der Waals surface area contributed by atoms with Gasteiger partial charge >= 0.3 is 6.18 Å². The Labute approximate surface area is 139 Å². The molecule has 0 aromatic heterocycles. The van der Waals surface area contributed by atoms with E-state index in [4.69, 9.17) is 4.74 Å². The highest BCUT2D eigenvalue weighted by molar-refractivity contribution is 5.79. The van der Waals surface area contributed by atoms with Gasteiger partial charge in [-0.15, -0.1) is 0 Å². The number of hydrogen-bond acceptors (Lipinski definition) is 3. The molecule has 0 spiro atoms. The van der Waals surface area contributed by atoms with Gasteiger partial charge in [0.05, 0.1) is 18.3 Å². The highest BCUT2D eigenvalue weighted by Gasteiger charge is 2.30. The number of rotatable bonds is 4. The third-order valence-electron chi connectivity index (χ3n) is 3.78. The van der Waals surface area contributed by atoms with Gasteiger partial charge in [-0.05, 0) is 24.7 Å². The minimum atomic E-state index is -4.33. The zero-order valence-corrected chi connectivity index (χ0v) is 13.9. The van der Waals surface area contributed by atoms with E-state index in [9.17, 15) is 13.2 Å². The van der Waals surface area contributed by atoms with Crippen LogP contribution in [0.2, 0.25) is 0 Å². The average molecular weight is 344 g/mol. The van der Waals surface area contributed by atoms with Crippen LogP contribution in [-0.2, 0) is 17.5 Å². The molecule has 1 heterocycles. The molecule has 1 aromatic rings. The smallest absolute Gasteiger partial charge is 0.374 e. The summed E-state index contributed by atoms with van der Waals surface area (Å²) < 4.78 is 43.8. The van der Waals surface area contributed by atoms with Crippen molar-refractivity contribution in [1.29, 1.82) is 0 Å². The van der Waals surface area contributed by atoms with Gasteiger partial charge in [-0.25, -0.2) is 0 Å². The van der Waals surface area contributed by atoms with E-state index in [1.165, 1.54) is 6.07 Å². The second kappa shape index (κ2) is 8.34. The third kappa shape index (κ3) is 5.68. The van der Waals surface area contributed by atoms with Crippen molar-refractivity contribution in [2.24, 2.45) is 4.99 Å². The quantitative estimate of drug-likeness (QED) is 0.645. The Hall–Kier alpha value is -1.80. The van der Waals surface area contributed by atoms with Crippen LogP contribution >= 0.6 is 0 Å². The van der Waals surface area contributed by atoms with Gasteiger partial charge in [-0.2, -0.15) is 13.2 Å². The van der Waals surface area contributed by atoms with E-state index in [1.807, 2.05) is 7.05 Å². The Kier molecular flexibility index (Phi) is 6.44. The Balaban J connectivity index is 1.83. The maximum absolute atomic E-state index is 12.7. The topological polar surface area (TPSA) is 48.9 Å². The molecule has 0 aliphatic carbocycles. The van der Waals surface area contributed by atoms with Gasteiger partial charge in [-0.3, -0.25) is 4.99 Å². The highest BCUT2D eigenvalue weighted by atomic mass is 19.4. The van der Waals surface area contributed by atoms with Gasteiger partial charge in [0, 0.05) is 33.2 Å². The minimum absolute atomic E-state index is 0.0656. The largest absolute Gasteiger partial charge is 0.416 e. The number of morpholine rings is 1. The molecule has 1 atom stereocenters. The molecule has 1 unspecified atom stereocenters. The number of guanidine groups is 1. The molecule has 1 aliphatic rings. The molecule has 1 aliphatic heterocycles. The monoisotopic (exact) mass is 344 g/mol. The first-order valence-electron chi connectivity index (χ1n) is 7.79. The van der Waals surface area contributed by atoms with Crippen molar-refractivity contribution in [2.45, 2.75) is 18.8 Å². The van der Waals surface area contributed by atoms with Gasteiger partial charge in [-0.1, -0.05) is 12.1 Å². The lowest BCUT2D eigenvalue weighted by molar-refractivity contribution is -0.137. The van der Waals surface area contributed by atoms with E-state index in [2.05, 4.69) is 20.5 Å². The van der Waals surface area contributed by atoms with Crippen LogP contribution in [0.25, 0.3) is 0 Å². The van der Waals surface area contributed by atoms with E-state index < -0.39 is 11.7 Å². The number of halogens is 3. The second-order valence-corrected chi connectivity index (χ2v) is 5.76. The molecule has 1 saturated heterocycles. The van der Waals surface area contributed by atoms with Crippen LogP contribution in [0.3, 0.4) is 0 Å². The number of nitrogens with zero attached hydrogens (tertiary/aromatic N) is 2. The van der Waals surface area contributed by atoms with Crippen LogP contribution in [0.15, 0.2) is 29.3 Å². The van der Waals surface area contributed by atoms with Crippen molar-refractivity contribution >= 4 is 5.96 Å². The number of likely N-dealkylation sites (N-methyl/N-ethyl adjacent to an activating group) is 1. The summed E-state index contributed by atoms with van der Waals surface area (Å²) in [5.41, 5.74) is -0.107. The van der Waals surface area contributed by atoms with Crippen molar-refractivity contribution in [3.63, 3.8) is 0 Å². The molecular formula is C16H23F3N4O. The van der Waals surface area contributed by atoms with Gasteiger partial charge in [0.2, 0.25) is 0 Å². The summed E-state index contributed by atoms with van der Waals surface area (Å²) in [5, 5.41) is 6.16. The van der Waals surface area contributed by atoms with E-state index in [0.717, 1.165) is 25.2 Å². The maximum atomic E-state index is 12.7. The normalized spacial score (nSPS) is 20.0. The number of hydrogen-bond donors (Lipinski definition) is 2. The number of ether oxygens (including phenoxy) is 1. The van der Waals surface area contributed by atoms with E-state index in [-0.39, 0.29) is 12.6 Å².